The van der Waals surface area contributed by atoms with E-state index in [1.807, 2.05) is 18.2 Å². The van der Waals surface area contributed by atoms with Crippen LogP contribution in [-0.2, 0) is 6.54 Å². The van der Waals surface area contributed by atoms with Crippen molar-refractivity contribution in [2.24, 2.45) is 16.8 Å². The maximum absolute atomic E-state index is 8.70. The Morgan fingerprint density at radius 2 is 2.33 bits per heavy atom. The molecule has 0 aliphatic carbocycles. The largest absolute Gasteiger partial charge is 0.409 e. The Labute approximate surface area is 126 Å². The maximum Gasteiger partial charge on any atom is 0.170 e. The molecule has 0 amide bonds. The van der Waals surface area contributed by atoms with Crippen molar-refractivity contribution in [2.45, 2.75) is 26.8 Å². The lowest BCUT2D eigenvalue weighted by molar-refractivity contribution is 0.318. The zero-order chi connectivity index (χ0) is 15.2. The quantitative estimate of drug-likeness (QED) is 0.321. The van der Waals surface area contributed by atoms with Crippen LogP contribution in [-0.4, -0.2) is 42.1 Å². The number of benzene rings is 1. The van der Waals surface area contributed by atoms with Gasteiger partial charge in [0.1, 0.15) is 0 Å². The molecule has 1 heterocycles. The van der Waals surface area contributed by atoms with Crippen molar-refractivity contribution >= 4 is 5.84 Å². The van der Waals surface area contributed by atoms with Gasteiger partial charge in [-0.3, -0.25) is 0 Å². The molecule has 5 heteroatoms. The summed E-state index contributed by atoms with van der Waals surface area (Å²) >= 11 is 0. The predicted octanol–water partition coefficient (Wildman–Crippen LogP) is 1.52. The highest BCUT2D eigenvalue weighted by molar-refractivity contribution is 5.97. The standard InChI is InChI=1S/C16H26N4O/c1-3-20-7-6-13(11-20)9-18-10-15-5-4-14(8-12(15)2)16(17)19-21/h4-5,8,13,18,21H,3,6-7,9-11H2,1-2H3,(H2,17,19). The van der Waals surface area contributed by atoms with Gasteiger partial charge in [0.05, 0.1) is 0 Å². The highest BCUT2D eigenvalue weighted by atomic mass is 16.4. The highest BCUT2D eigenvalue weighted by Gasteiger charge is 2.20. The van der Waals surface area contributed by atoms with Gasteiger partial charge in [0.25, 0.3) is 0 Å². The fourth-order valence-electron chi connectivity index (χ4n) is 2.89. The monoisotopic (exact) mass is 290 g/mol. The first-order valence-corrected chi connectivity index (χ1v) is 7.64. The summed E-state index contributed by atoms with van der Waals surface area (Å²) in [5.74, 6) is 0.921. The number of nitrogens with one attached hydrogen (secondary N) is 1. The van der Waals surface area contributed by atoms with Gasteiger partial charge in [-0.1, -0.05) is 24.2 Å². The van der Waals surface area contributed by atoms with Gasteiger partial charge in [-0.05, 0) is 56.1 Å². The topological polar surface area (TPSA) is 73.9 Å². The number of amidine groups is 1. The molecule has 1 unspecified atom stereocenters. The van der Waals surface area contributed by atoms with Crippen molar-refractivity contribution in [1.82, 2.24) is 10.2 Å². The first kappa shape index (κ1) is 15.8. The fraction of sp³-hybridized carbons (Fsp3) is 0.562. The van der Waals surface area contributed by atoms with E-state index in [-0.39, 0.29) is 5.84 Å². The molecule has 0 bridgehead atoms. The number of aryl methyl sites for hydroxylation is 1. The van der Waals surface area contributed by atoms with Crippen molar-refractivity contribution < 1.29 is 5.21 Å². The SMILES string of the molecule is CCN1CCC(CNCc2ccc(/C(N)=N/O)cc2C)C1. The molecular weight excluding hydrogens is 264 g/mol. The smallest absolute Gasteiger partial charge is 0.170 e. The number of rotatable bonds is 6. The van der Waals surface area contributed by atoms with E-state index in [0.29, 0.717) is 0 Å². The fourth-order valence-corrected chi connectivity index (χ4v) is 2.89. The van der Waals surface area contributed by atoms with Crippen LogP contribution in [0, 0.1) is 12.8 Å². The molecule has 0 aromatic heterocycles. The highest BCUT2D eigenvalue weighted by Crippen LogP contribution is 2.15. The lowest BCUT2D eigenvalue weighted by Gasteiger charge is -2.14. The van der Waals surface area contributed by atoms with E-state index in [9.17, 15) is 0 Å². The van der Waals surface area contributed by atoms with Gasteiger partial charge >= 0.3 is 0 Å². The van der Waals surface area contributed by atoms with Crippen molar-refractivity contribution in [1.29, 1.82) is 0 Å². The third-order valence-corrected chi connectivity index (χ3v) is 4.31. The van der Waals surface area contributed by atoms with Gasteiger partial charge in [-0.2, -0.15) is 0 Å². The molecule has 2 rings (SSSR count). The molecule has 1 aromatic carbocycles. The van der Waals surface area contributed by atoms with Crippen LogP contribution in [0.5, 0.6) is 0 Å². The minimum absolute atomic E-state index is 0.156. The third kappa shape index (κ3) is 4.19. The van der Waals surface area contributed by atoms with Crippen LogP contribution in [0.4, 0.5) is 0 Å². The number of nitrogens with zero attached hydrogens (tertiary/aromatic N) is 2. The zero-order valence-corrected chi connectivity index (χ0v) is 13.0. The van der Waals surface area contributed by atoms with E-state index < -0.39 is 0 Å². The molecule has 4 N–H and O–H groups in total. The summed E-state index contributed by atoms with van der Waals surface area (Å²) in [4.78, 5) is 2.50. The summed E-state index contributed by atoms with van der Waals surface area (Å²) in [5, 5.41) is 15.3. The van der Waals surface area contributed by atoms with Crippen LogP contribution in [0.15, 0.2) is 23.4 Å². The molecule has 0 spiro atoms. The van der Waals surface area contributed by atoms with Gasteiger partial charge in [0.15, 0.2) is 5.84 Å². The zero-order valence-electron chi connectivity index (χ0n) is 13.0. The van der Waals surface area contributed by atoms with Gasteiger partial charge in [-0.15, -0.1) is 0 Å². The molecule has 1 aliphatic heterocycles. The molecule has 1 fully saturated rings. The second-order valence-electron chi connectivity index (χ2n) is 5.81. The van der Waals surface area contributed by atoms with Gasteiger partial charge in [-0.25, -0.2) is 0 Å². The molecule has 1 aliphatic rings. The molecule has 116 valence electrons. The van der Waals surface area contributed by atoms with E-state index in [1.165, 1.54) is 25.1 Å². The molecular formula is C16H26N4O. The summed E-state index contributed by atoms with van der Waals surface area (Å²) in [5.41, 5.74) is 8.78. The number of hydrogen-bond donors (Lipinski definition) is 3. The van der Waals surface area contributed by atoms with Crippen LogP contribution in [0.3, 0.4) is 0 Å². The van der Waals surface area contributed by atoms with Crippen LogP contribution in [0.1, 0.15) is 30.0 Å². The van der Waals surface area contributed by atoms with E-state index in [2.05, 4.69) is 29.2 Å². The number of likely N-dealkylation sites (tertiary alicyclic amines) is 1. The summed E-state index contributed by atoms with van der Waals surface area (Å²) < 4.78 is 0. The van der Waals surface area contributed by atoms with E-state index in [1.54, 1.807) is 0 Å². The maximum atomic E-state index is 8.70. The molecule has 1 atom stereocenters. The van der Waals surface area contributed by atoms with Crippen molar-refractivity contribution in [3.05, 3.63) is 34.9 Å². The first-order chi connectivity index (χ1) is 10.1. The van der Waals surface area contributed by atoms with Crippen LogP contribution >= 0.6 is 0 Å². The normalized spacial score (nSPS) is 20.1. The van der Waals surface area contributed by atoms with Crippen LogP contribution < -0.4 is 11.1 Å². The minimum Gasteiger partial charge on any atom is -0.409 e. The van der Waals surface area contributed by atoms with E-state index in [0.717, 1.165) is 36.7 Å². The Morgan fingerprint density at radius 3 is 2.95 bits per heavy atom. The van der Waals surface area contributed by atoms with Crippen LogP contribution in [0.2, 0.25) is 0 Å². The Hall–Kier alpha value is -1.59. The second kappa shape index (κ2) is 7.43. The Morgan fingerprint density at radius 1 is 1.52 bits per heavy atom. The third-order valence-electron chi connectivity index (χ3n) is 4.31. The number of oxime groups is 1. The average molecular weight is 290 g/mol. The minimum atomic E-state index is 0.156. The van der Waals surface area contributed by atoms with E-state index >= 15 is 0 Å². The molecule has 0 radical (unpaired) electrons. The van der Waals surface area contributed by atoms with Crippen molar-refractivity contribution in [3.63, 3.8) is 0 Å². The van der Waals surface area contributed by atoms with Crippen molar-refractivity contribution in [3.8, 4) is 0 Å². The second-order valence-corrected chi connectivity index (χ2v) is 5.81. The Balaban J connectivity index is 1.84. The summed E-state index contributed by atoms with van der Waals surface area (Å²) in [6.45, 7) is 9.82. The van der Waals surface area contributed by atoms with Gasteiger partial charge in [0, 0.05) is 18.7 Å². The number of nitrogens with two attached hydrogens (primary N) is 1. The molecule has 1 saturated heterocycles. The molecule has 1 aromatic rings. The lowest BCUT2D eigenvalue weighted by atomic mass is 10.0. The van der Waals surface area contributed by atoms with E-state index in [4.69, 9.17) is 10.9 Å². The predicted molar refractivity (Wildman–Crippen MR) is 85.6 cm³/mol. The summed E-state index contributed by atoms with van der Waals surface area (Å²) in [6, 6.07) is 5.90. The number of hydrogen-bond acceptors (Lipinski definition) is 4. The summed E-state index contributed by atoms with van der Waals surface area (Å²) in [7, 11) is 0. The molecule has 0 saturated carbocycles. The van der Waals surface area contributed by atoms with Crippen LogP contribution in [0.25, 0.3) is 0 Å². The van der Waals surface area contributed by atoms with Gasteiger partial charge in [0.2, 0.25) is 0 Å². The Bertz CT molecular complexity index is 501. The Kier molecular flexibility index (Phi) is 5.59. The molecule has 5 nitrogen and oxygen atoms in total. The summed E-state index contributed by atoms with van der Waals surface area (Å²) in [6.07, 6.45) is 1.29. The molecule has 21 heavy (non-hydrogen) atoms. The average Bonchev–Trinajstić information content (AvgIpc) is 2.96. The lowest BCUT2D eigenvalue weighted by Crippen LogP contribution is -2.26. The van der Waals surface area contributed by atoms with Crippen molar-refractivity contribution in [2.75, 3.05) is 26.2 Å². The first-order valence-electron chi connectivity index (χ1n) is 7.64. The van der Waals surface area contributed by atoms with Gasteiger partial charge < -0.3 is 21.2 Å².